The number of ether oxygens (including phenoxy) is 1. The van der Waals surface area contributed by atoms with Crippen molar-refractivity contribution in [3.63, 3.8) is 0 Å². The largest absolute Gasteiger partial charge is 0.469 e. The molecule has 0 saturated heterocycles. The predicted octanol–water partition coefficient (Wildman–Crippen LogP) is 2.35. The second-order valence-electron chi connectivity index (χ2n) is 5.63. The Balaban J connectivity index is 1.79. The van der Waals surface area contributed by atoms with Gasteiger partial charge in [0, 0.05) is 10.6 Å². The second kappa shape index (κ2) is 8.41. The van der Waals surface area contributed by atoms with Gasteiger partial charge in [0.05, 0.1) is 25.3 Å². The SMILES string of the molecule is COC(=O)C[C@H](NC(=O)c1ccc(-n2cnnn2)cc1)c1ccccc1Cl. The van der Waals surface area contributed by atoms with E-state index in [1.54, 1.807) is 48.5 Å². The first-order valence-corrected chi connectivity index (χ1v) is 8.42. The highest BCUT2D eigenvalue weighted by Gasteiger charge is 2.21. The summed E-state index contributed by atoms with van der Waals surface area (Å²) in [5, 5.41) is 14.2. The topological polar surface area (TPSA) is 99.0 Å². The lowest BCUT2D eigenvalue weighted by atomic mass is 10.0. The van der Waals surface area contributed by atoms with Crippen LogP contribution in [-0.2, 0) is 9.53 Å². The lowest BCUT2D eigenvalue weighted by molar-refractivity contribution is -0.141. The van der Waals surface area contributed by atoms with Crippen molar-refractivity contribution in [1.82, 2.24) is 25.5 Å². The van der Waals surface area contributed by atoms with E-state index in [2.05, 4.69) is 20.8 Å². The summed E-state index contributed by atoms with van der Waals surface area (Å²) in [6.07, 6.45) is 1.42. The first kappa shape index (κ1) is 18.5. The third kappa shape index (κ3) is 4.48. The van der Waals surface area contributed by atoms with Gasteiger partial charge >= 0.3 is 5.97 Å². The van der Waals surface area contributed by atoms with Crippen LogP contribution in [0.25, 0.3) is 5.69 Å². The van der Waals surface area contributed by atoms with Gasteiger partial charge in [0.1, 0.15) is 6.33 Å². The summed E-state index contributed by atoms with van der Waals surface area (Å²) in [6.45, 7) is 0. The van der Waals surface area contributed by atoms with Crippen LogP contribution in [0.3, 0.4) is 0 Å². The molecule has 0 unspecified atom stereocenters. The summed E-state index contributed by atoms with van der Waals surface area (Å²) in [7, 11) is 1.30. The smallest absolute Gasteiger partial charge is 0.307 e. The average molecular weight is 386 g/mol. The number of esters is 1. The number of tetrazole rings is 1. The number of carbonyl (C=O) groups excluding carboxylic acids is 2. The highest BCUT2D eigenvalue weighted by Crippen LogP contribution is 2.26. The molecular formula is C18H16ClN5O3. The van der Waals surface area contributed by atoms with Crippen molar-refractivity contribution in [3.8, 4) is 5.69 Å². The zero-order valence-electron chi connectivity index (χ0n) is 14.4. The number of hydrogen-bond acceptors (Lipinski definition) is 6. The molecule has 0 spiro atoms. The first-order valence-electron chi connectivity index (χ1n) is 8.04. The van der Waals surface area contributed by atoms with Gasteiger partial charge in [-0.2, -0.15) is 0 Å². The third-order valence-corrected chi connectivity index (χ3v) is 4.27. The van der Waals surface area contributed by atoms with Gasteiger partial charge in [-0.15, -0.1) is 5.10 Å². The summed E-state index contributed by atoms with van der Waals surface area (Å²) in [4.78, 5) is 24.4. The first-order chi connectivity index (χ1) is 13.1. The quantitative estimate of drug-likeness (QED) is 0.654. The molecule has 1 atom stereocenters. The van der Waals surface area contributed by atoms with Crippen molar-refractivity contribution >= 4 is 23.5 Å². The van der Waals surface area contributed by atoms with Crippen LogP contribution in [-0.4, -0.2) is 39.2 Å². The third-order valence-electron chi connectivity index (χ3n) is 3.93. The van der Waals surface area contributed by atoms with E-state index in [-0.39, 0.29) is 12.3 Å². The van der Waals surface area contributed by atoms with Gasteiger partial charge in [-0.25, -0.2) is 4.68 Å². The van der Waals surface area contributed by atoms with Crippen LogP contribution >= 0.6 is 11.6 Å². The number of halogens is 1. The van der Waals surface area contributed by atoms with E-state index in [9.17, 15) is 9.59 Å². The minimum absolute atomic E-state index is 0.0331. The fourth-order valence-electron chi connectivity index (χ4n) is 2.53. The molecule has 27 heavy (non-hydrogen) atoms. The Hall–Kier alpha value is -3.26. The molecule has 0 saturated carbocycles. The zero-order valence-corrected chi connectivity index (χ0v) is 15.1. The van der Waals surface area contributed by atoms with Crippen LogP contribution in [0.2, 0.25) is 5.02 Å². The number of benzene rings is 2. The van der Waals surface area contributed by atoms with Crippen molar-refractivity contribution in [3.05, 3.63) is 71.0 Å². The summed E-state index contributed by atoms with van der Waals surface area (Å²) >= 11 is 6.23. The molecule has 138 valence electrons. The Labute approximate surface area is 160 Å². The monoisotopic (exact) mass is 385 g/mol. The average Bonchev–Trinajstić information content (AvgIpc) is 3.22. The van der Waals surface area contributed by atoms with Crippen molar-refractivity contribution in [2.24, 2.45) is 0 Å². The fraction of sp³-hybridized carbons (Fsp3) is 0.167. The van der Waals surface area contributed by atoms with E-state index in [0.29, 0.717) is 21.8 Å². The van der Waals surface area contributed by atoms with Crippen molar-refractivity contribution in [2.45, 2.75) is 12.5 Å². The Bertz CT molecular complexity index is 928. The predicted molar refractivity (Wildman–Crippen MR) is 97.4 cm³/mol. The van der Waals surface area contributed by atoms with E-state index in [1.165, 1.54) is 18.1 Å². The Kier molecular flexibility index (Phi) is 5.77. The van der Waals surface area contributed by atoms with Gasteiger partial charge in [0.2, 0.25) is 0 Å². The zero-order chi connectivity index (χ0) is 19.2. The molecule has 1 N–H and O–H groups in total. The number of carbonyl (C=O) groups is 2. The van der Waals surface area contributed by atoms with Crippen LogP contribution < -0.4 is 5.32 Å². The molecule has 1 aromatic heterocycles. The summed E-state index contributed by atoms with van der Waals surface area (Å²) in [6, 6.07) is 13.1. The van der Waals surface area contributed by atoms with Crippen LogP contribution in [0.1, 0.15) is 28.4 Å². The maximum atomic E-state index is 12.7. The molecule has 0 bridgehead atoms. The van der Waals surface area contributed by atoms with Gasteiger partial charge in [0.25, 0.3) is 5.91 Å². The van der Waals surface area contributed by atoms with Crippen LogP contribution in [0.15, 0.2) is 54.9 Å². The van der Waals surface area contributed by atoms with E-state index in [0.717, 1.165) is 0 Å². The lowest BCUT2D eigenvalue weighted by Crippen LogP contribution is -2.30. The lowest BCUT2D eigenvalue weighted by Gasteiger charge is -2.19. The molecule has 0 aliphatic heterocycles. The molecule has 0 fully saturated rings. The summed E-state index contributed by atoms with van der Waals surface area (Å²) < 4.78 is 6.21. The van der Waals surface area contributed by atoms with Crippen molar-refractivity contribution < 1.29 is 14.3 Å². The molecule has 1 heterocycles. The number of aromatic nitrogens is 4. The van der Waals surface area contributed by atoms with Gasteiger partial charge < -0.3 is 10.1 Å². The summed E-state index contributed by atoms with van der Waals surface area (Å²) in [5.74, 6) is -0.790. The molecule has 1 amide bonds. The standard InChI is InChI=1S/C18H16ClN5O3/c1-27-17(25)10-16(14-4-2-3-5-15(14)19)21-18(26)12-6-8-13(9-7-12)24-11-20-22-23-24/h2-9,11,16H,10H2,1H3,(H,21,26)/t16-/m0/s1. The summed E-state index contributed by atoms with van der Waals surface area (Å²) in [5.41, 5.74) is 1.78. The number of hydrogen-bond donors (Lipinski definition) is 1. The molecule has 0 aliphatic carbocycles. The minimum atomic E-state index is -0.613. The van der Waals surface area contributed by atoms with Gasteiger partial charge in [-0.1, -0.05) is 29.8 Å². The van der Waals surface area contributed by atoms with Gasteiger partial charge in [-0.3, -0.25) is 9.59 Å². The van der Waals surface area contributed by atoms with E-state index in [4.69, 9.17) is 16.3 Å². The molecule has 0 aliphatic rings. The van der Waals surface area contributed by atoms with Crippen LogP contribution in [0, 0.1) is 0 Å². The molecule has 0 radical (unpaired) electrons. The normalized spacial score (nSPS) is 11.6. The van der Waals surface area contributed by atoms with Gasteiger partial charge in [-0.05, 0) is 46.3 Å². The number of nitrogens with zero attached hydrogens (tertiary/aromatic N) is 4. The fourth-order valence-corrected chi connectivity index (χ4v) is 2.80. The molecular weight excluding hydrogens is 370 g/mol. The van der Waals surface area contributed by atoms with Crippen molar-refractivity contribution in [2.75, 3.05) is 7.11 Å². The minimum Gasteiger partial charge on any atom is -0.469 e. The van der Waals surface area contributed by atoms with E-state index >= 15 is 0 Å². The molecule has 9 heteroatoms. The van der Waals surface area contributed by atoms with Crippen LogP contribution in [0.4, 0.5) is 0 Å². The Morgan fingerprint density at radius 1 is 1.19 bits per heavy atom. The number of nitrogens with one attached hydrogen (secondary N) is 1. The molecule has 3 rings (SSSR count). The van der Waals surface area contributed by atoms with Crippen molar-refractivity contribution in [1.29, 1.82) is 0 Å². The Morgan fingerprint density at radius 2 is 1.93 bits per heavy atom. The maximum absolute atomic E-state index is 12.7. The molecule has 2 aromatic carbocycles. The second-order valence-corrected chi connectivity index (χ2v) is 6.04. The molecule has 3 aromatic rings. The van der Waals surface area contributed by atoms with E-state index in [1.807, 2.05) is 0 Å². The van der Waals surface area contributed by atoms with Gasteiger partial charge in [0.15, 0.2) is 0 Å². The molecule has 8 nitrogen and oxygen atoms in total. The van der Waals surface area contributed by atoms with E-state index < -0.39 is 12.0 Å². The highest BCUT2D eigenvalue weighted by atomic mass is 35.5. The van der Waals surface area contributed by atoms with Crippen LogP contribution in [0.5, 0.6) is 0 Å². The number of rotatable bonds is 6. The maximum Gasteiger partial charge on any atom is 0.307 e. The number of amides is 1. The Morgan fingerprint density at radius 3 is 2.56 bits per heavy atom. The highest BCUT2D eigenvalue weighted by molar-refractivity contribution is 6.31. The number of methoxy groups -OCH3 is 1.